The van der Waals surface area contributed by atoms with Crippen LogP contribution in [0.4, 0.5) is 5.82 Å². The monoisotopic (exact) mass is 264 g/mol. The van der Waals surface area contributed by atoms with Gasteiger partial charge in [-0.3, -0.25) is 4.90 Å². The van der Waals surface area contributed by atoms with E-state index in [9.17, 15) is 0 Å². The first-order chi connectivity index (χ1) is 9.33. The molecule has 2 heterocycles. The van der Waals surface area contributed by atoms with Crippen molar-refractivity contribution in [2.24, 2.45) is 0 Å². The van der Waals surface area contributed by atoms with Crippen LogP contribution in [0.2, 0.25) is 0 Å². The summed E-state index contributed by atoms with van der Waals surface area (Å²) in [5.74, 6) is 1.06. The van der Waals surface area contributed by atoms with Gasteiger partial charge in [0, 0.05) is 38.9 Å². The van der Waals surface area contributed by atoms with Crippen LogP contribution < -0.4 is 10.2 Å². The van der Waals surface area contributed by atoms with Crippen molar-refractivity contribution in [3.05, 3.63) is 23.9 Å². The lowest BCUT2D eigenvalue weighted by atomic mass is 10.2. The largest absolute Gasteiger partial charge is 0.395 e. The molecule has 0 spiro atoms. The van der Waals surface area contributed by atoms with Gasteiger partial charge in [-0.15, -0.1) is 0 Å². The molecule has 106 valence electrons. The summed E-state index contributed by atoms with van der Waals surface area (Å²) in [7, 11) is 1.94. The summed E-state index contributed by atoms with van der Waals surface area (Å²) in [6.07, 6.45) is 3.07. The third-order valence-corrected chi connectivity index (χ3v) is 3.52. The Bertz CT molecular complexity index is 368. The molecule has 0 radical (unpaired) electrons. The van der Waals surface area contributed by atoms with Gasteiger partial charge >= 0.3 is 0 Å². The van der Waals surface area contributed by atoms with Gasteiger partial charge in [-0.2, -0.15) is 0 Å². The smallest absolute Gasteiger partial charge is 0.128 e. The van der Waals surface area contributed by atoms with Gasteiger partial charge in [0.05, 0.1) is 6.61 Å². The number of rotatable bonds is 5. The molecular weight excluding hydrogens is 240 g/mol. The maximum atomic E-state index is 9.00. The van der Waals surface area contributed by atoms with Gasteiger partial charge in [-0.05, 0) is 31.6 Å². The maximum absolute atomic E-state index is 9.00. The van der Waals surface area contributed by atoms with E-state index in [1.54, 1.807) is 0 Å². The summed E-state index contributed by atoms with van der Waals surface area (Å²) in [6, 6.07) is 4.24. The van der Waals surface area contributed by atoms with Gasteiger partial charge < -0.3 is 15.3 Å². The van der Waals surface area contributed by atoms with Crippen molar-refractivity contribution >= 4 is 5.82 Å². The lowest BCUT2D eigenvalue weighted by Crippen LogP contribution is -2.32. The molecule has 0 atom stereocenters. The average Bonchev–Trinajstić information content (AvgIpc) is 2.66. The van der Waals surface area contributed by atoms with E-state index in [1.807, 2.05) is 13.2 Å². The molecule has 5 nitrogen and oxygen atoms in total. The van der Waals surface area contributed by atoms with Crippen molar-refractivity contribution in [3.8, 4) is 0 Å². The molecule has 0 aliphatic carbocycles. The highest BCUT2D eigenvalue weighted by Crippen LogP contribution is 2.14. The normalized spacial score (nSPS) is 17.5. The fourth-order valence-corrected chi connectivity index (χ4v) is 2.48. The highest BCUT2D eigenvalue weighted by Gasteiger charge is 2.15. The number of aliphatic hydroxyl groups excluding tert-OH is 1. The number of anilines is 1. The molecule has 1 aromatic heterocycles. The molecular formula is C14H24N4O. The minimum atomic E-state index is 0.247. The van der Waals surface area contributed by atoms with Crippen LogP contribution in [0.1, 0.15) is 12.0 Å². The Labute approximate surface area is 115 Å². The topological polar surface area (TPSA) is 51.6 Å². The van der Waals surface area contributed by atoms with Crippen molar-refractivity contribution in [1.29, 1.82) is 0 Å². The molecule has 2 N–H and O–H groups in total. The Morgan fingerprint density at radius 1 is 1.26 bits per heavy atom. The Morgan fingerprint density at radius 3 is 2.84 bits per heavy atom. The SMILES string of the molecule is CNCc1ccc(N2CCCN(CCO)CC2)nc1. The number of aliphatic hydroxyl groups is 1. The molecule has 0 bridgehead atoms. The average molecular weight is 264 g/mol. The minimum absolute atomic E-state index is 0.247. The molecule has 1 saturated heterocycles. The number of aromatic nitrogens is 1. The summed E-state index contributed by atoms with van der Waals surface area (Å²) < 4.78 is 0. The highest BCUT2D eigenvalue weighted by atomic mass is 16.3. The standard InChI is InChI=1S/C14H24N4O/c1-15-11-13-3-4-14(16-12-13)18-6-2-5-17(7-8-18)9-10-19/h3-4,12,15,19H,2,5-11H2,1H3. The molecule has 0 aromatic carbocycles. The van der Waals surface area contributed by atoms with E-state index in [4.69, 9.17) is 5.11 Å². The molecule has 1 aliphatic heterocycles. The van der Waals surface area contributed by atoms with Crippen molar-refractivity contribution in [1.82, 2.24) is 15.2 Å². The maximum Gasteiger partial charge on any atom is 0.128 e. The lowest BCUT2D eigenvalue weighted by Gasteiger charge is -2.22. The summed E-state index contributed by atoms with van der Waals surface area (Å²) >= 11 is 0. The van der Waals surface area contributed by atoms with Gasteiger partial charge in [0.1, 0.15) is 5.82 Å². The Morgan fingerprint density at radius 2 is 2.16 bits per heavy atom. The zero-order valence-electron chi connectivity index (χ0n) is 11.7. The lowest BCUT2D eigenvalue weighted by molar-refractivity contribution is 0.204. The second-order valence-electron chi connectivity index (χ2n) is 4.96. The molecule has 0 unspecified atom stereocenters. The van der Waals surface area contributed by atoms with E-state index in [1.165, 1.54) is 5.56 Å². The van der Waals surface area contributed by atoms with Crippen molar-refractivity contribution in [2.75, 3.05) is 51.3 Å². The summed E-state index contributed by atoms with van der Waals surface area (Å²) in [5, 5.41) is 12.1. The number of hydrogen-bond donors (Lipinski definition) is 2. The molecule has 1 aliphatic rings. The van der Waals surface area contributed by atoms with Crippen LogP contribution in [0.25, 0.3) is 0 Å². The van der Waals surface area contributed by atoms with E-state index in [0.29, 0.717) is 0 Å². The van der Waals surface area contributed by atoms with Gasteiger partial charge in [0.15, 0.2) is 0 Å². The quantitative estimate of drug-likeness (QED) is 0.801. The Kier molecular flexibility index (Phi) is 5.57. The molecule has 2 rings (SSSR count). The van der Waals surface area contributed by atoms with Crippen LogP contribution in [0.3, 0.4) is 0 Å². The molecule has 0 amide bonds. The number of β-amino-alcohol motifs (C(OH)–C–C–N with tert-alkyl or cyclic N) is 1. The zero-order chi connectivity index (χ0) is 13.5. The van der Waals surface area contributed by atoms with E-state index in [-0.39, 0.29) is 6.61 Å². The first kappa shape index (κ1) is 14.2. The summed E-state index contributed by atoms with van der Waals surface area (Å²) in [5.41, 5.74) is 1.21. The fourth-order valence-electron chi connectivity index (χ4n) is 2.48. The van der Waals surface area contributed by atoms with Gasteiger partial charge in [-0.1, -0.05) is 6.07 Å². The highest BCUT2D eigenvalue weighted by molar-refractivity contribution is 5.39. The molecule has 5 heteroatoms. The number of hydrogen-bond acceptors (Lipinski definition) is 5. The first-order valence-corrected chi connectivity index (χ1v) is 7.01. The molecule has 1 fully saturated rings. The van der Waals surface area contributed by atoms with Crippen LogP contribution in [0.5, 0.6) is 0 Å². The van der Waals surface area contributed by atoms with Gasteiger partial charge in [-0.25, -0.2) is 4.98 Å². The van der Waals surface area contributed by atoms with Crippen molar-refractivity contribution in [2.45, 2.75) is 13.0 Å². The van der Waals surface area contributed by atoms with Crippen LogP contribution in [-0.4, -0.2) is 61.4 Å². The summed E-state index contributed by atoms with van der Waals surface area (Å²) in [4.78, 5) is 9.20. The zero-order valence-corrected chi connectivity index (χ0v) is 11.7. The van der Waals surface area contributed by atoms with Gasteiger partial charge in [0.2, 0.25) is 0 Å². The van der Waals surface area contributed by atoms with E-state index in [0.717, 1.165) is 51.5 Å². The van der Waals surface area contributed by atoms with Crippen LogP contribution >= 0.6 is 0 Å². The van der Waals surface area contributed by atoms with Gasteiger partial charge in [0.25, 0.3) is 0 Å². The number of pyridine rings is 1. The Hall–Kier alpha value is -1.17. The van der Waals surface area contributed by atoms with E-state index >= 15 is 0 Å². The second kappa shape index (κ2) is 7.43. The van der Waals surface area contributed by atoms with E-state index in [2.05, 4.69) is 32.2 Å². The van der Waals surface area contributed by atoms with Crippen LogP contribution in [-0.2, 0) is 6.54 Å². The van der Waals surface area contributed by atoms with Crippen molar-refractivity contribution in [3.63, 3.8) is 0 Å². The van der Waals surface area contributed by atoms with Crippen LogP contribution in [0, 0.1) is 0 Å². The predicted octanol–water partition coefficient (Wildman–Crippen LogP) is 0.305. The van der Waals surface area contributed by atoms with E-state index < -0.39 is 0 Å². The molecule has 1 aromatic rings. The molecule has 19 heavy (non-hydrogen) atoms. The fraction of sp³-hybridized carbons (Fsp3) is 0.643. The second-order valence-corrected chi connectivity index (χ2v) is 4.96. The summed E-state index contributed by atoms with van der Waals surface area (Å²) in [6.45, 7) is 5.98. The first-order valence-electron chi connectivity index (χ1n) is 7.01. The minimum Gasteiger partial charge on any atom is -0.395 e. The number of nitrogens with one attached hydrogen (secondary N) is 1. The third kappa shape index (κ3) is 4.16. The third-order valence-electron chi connectivity index (χ3n) is 3.52. The van der Waals surface area contributed by atoms with Crippen molar-refractivity contribution < 1.29 is 5.11 Å². The predicted molar refractivity (Wildman–Crippen MR) is 77.4 cm³/mol. The number of nitrogens with zero attached hydrogens (tertiary/aromatic N) is 3. The Balaban J connectivity index is 1.93. The molecule has 0 saturated carbocycles. The van der Waals surface area contributed by atoms with Crippen LogP contribution in [0.15, 0.2) is 18.3 Å².